The summed E-state index contributed by atoms with van der Waals surface area (Å²) >= 11 is 5.84. The van der Waals surface area contributed by atoms with Gasteiger partial charge in [-0.25, -0.2) is 4.79 Å². The monoisotopic (exact) mass is 304 g/mol. The average Bonchev–Trinajstić information content (AvgIpc) is 2.98. The van der Waals surface area contributed by atoms with E-state index in [-0.39, 0.29) is 11.6 Å². The molecule has 0 fully saturated rings. The van der Waals surface area contributed by atoms with Crippen molar-refractivity contribution in [3.63, 3.8) is 0 Å². The lowest BCUT2D eigenvalue weighted by Gasteiger charge is -1.97. The Morgan fingerprint density at radius 1 is 1.19 bits per heavy atom. The quantitative estimate of drug-likeness (QED) is 0.784. The third kappa shape index (κ3) is 2.17. The smallest absolute Gasteiger partial charge is 0.356 e. The highest BCUT2D eigenvalue weighted by Crippen LogP contribution is 2.22. The van der Waals surface area contributed by atoms with Gasteiger partial charge < -0.3 is 5.11 Å². The zero-order valence-electron chi connectivity index (χ0n) is 10.8. The first kappa shape index (κ1) is 13.3. The van der Waals surface area contributed by atoms with Gasteiger partial charge >= 0.3 is 5.97 Å². The van der Waals surface area contributed by atoms with Crippen molar-refractivity contribution in [2.75, 3.05) is 0 Å². The minimum atomic E-state index is -1.17. The minimum absolute atomic E-state index is 0.155. The maximum Gasteiger partial charge on any atom is 0.356 e. The molecule has 21 heavy (non-hydrogen) atoms. The second-order valence-electron chi connectivity index (χ2n) is 4.37. The Bertz CT molecular complexity index is 864. The molecule has 0 aliphatic heterocycles. The molecule has 0 atom stereocenters. The molecular formula is C13H9ClN4O3. The average molecular weight is 305 g/mol. The van der Waals surface area contributed by atoms with Crippen LogP contribution in [0.25, 0.3) is 17.0 Å². The van der Waals surface area contributed by atoms with Crippen LogP contribution in [0.15, 0.2) is 30.3 Å². The van der Waals surface area contributed by atoms with Crippen molar-refractivity contribution in [2.45, 2.75) is 6.92 Å². The molecule has 1 N–H and O–H groups in total. The number of carbonyl (C=O) groups is 2. The molecule has 8 heteroatoms. The summed E-state index contributed by atoms with van der Waals surface area (Å²) in [6.45, 7) is 1.34. The lowest BCUT2D eigenvalue weighted by atomic mass is 10.2. The molecule has 2 heterocycles. The molecule has 106 valence electrons. The highest BCUT2D eigenvalue weighted by molar-refractivity contribution is 6.30. The first-order valence-electron chi connectivity index (χ1n) is 5.96. The number of hydrogen-bond acceptors (Lipinski definition) is 4. The number of aromatic nitrogens is 4. The van der Waals surface area contributed by atoms with Crippen LogP contribution in [0.3, 0.4) is 0 Å². The van der Waals surface area contributed by atoms with E-state index < -0.39 is 5.97 Å². The van der Waals surface area contributed by atoms with E-state index in [4.69, 9.17) is 16.7 Å². The summed E-state index contributed by atoms with van der Waals surface area (Å²) in [5, 5.41) is 17.7. The topological polar surface area (TPSA) is 89.5 Å². The molecule has 1 aromatic carbocycles. The van der Waals surface area contributed by atoms with E-state index in [2.05, 4.69) is 10.2 Å². The number of carboxylic acids is 1. The van der Waals surface area contributed by atoms with Crippen LogP contribution in [0.5, 0.6) is 0 Å². The Labute approximate surface area is 123 Å². The van der Waals surface area contributed by atoms with E-state index in [0.29, 0.717) is 22.1 Å². The zero-order valence-corrected chi connectivity index (χ0v) is 11.6. The summed E-state index contributed by atoms with van der Waals surface area (Å²) in [5.74, 6) is -1.14. The summed E-state index contributed by atoms with van der Waals surface area (Å²) in [4.78, 5) is 22.7. The summed E-state index contributed by atoms with van der Waals surface area (Å²) in [5.41, 5.74) is 0.812. The number of rotatable bonds is 2. The Hall–Kier alpha value is -2.67. The van der Waals surface area contributed by atoms with Gasteiger partial charge in [-0.2, -0.15) is 14.3 Å². The van der Waals surface area contributed by atoms with Crippen molar-refractivity contribution >= 4 is 29.1 Å². The molecule has 0 aliphatic carbocycles. The van der Waals surface area contributed by atoms with Crippen LogP contribution in [0, 0.1) is 0 Å². The molecule has 0 saturated heterocycles. The third-order valence-electron chi connectivity index (χ3n) is 2.92. The van der Waals surface area contributed by atoms with Crippen molar-refractivity contribution in [1.82, 2.24) is 19.4 Å². The fourth-order valence-electron chi connectivity index (χ4n) is 1.98. The maximum atomic E-state index is 11.6. The molecule has 0 bridgehead atoms. The van der Waals surface area contributed by atoms with Gasteiger partial charge in [0.1, 0.15) is 0 Å². The summed E-state index contributed by atoms with van der Waals surface area (Å²) in [7, 11) is 0. The number of aromatic carboxylic acids is 1. The maximum absolute atomic E-state index is 11.6. The fraction of sp³-hybridized carbons (Fsp3) is 0.0769. The van der Waals surface area contributed by atoms with Gasteiger partial charge in [0.05, 0.1) is 0 Å². The summed E-state index contributed by atoms with van der Waals surface area (Å²) < 4.78 is 2.44. The summed E-state index contributed by atoms with van der Waals surface area (Å²) in [6, 6.07) is 8.10. The van der Waals surface area contributed by atoms with E-state index >= 15 is 0 Å². The standard InChI is InChI=1S/C13H9ClN4O3/c1-7(19)17-11-6-10(13(20)21)15-18(11)12(16-17)8-2-4-9(14)5-3-8/h2-6H,1H3,(H,20,21). The predicted molar refractivity (Wildman–Crippen MR) is 74.7 cm³/mol. The molecule has 0 radical (unpaired) electrons. The van der Waals surface area contributed by atoms with E-state index in [9.17, 15) is 9.59 Å². The van der Waals surface area contributed by atoms with E-state index in [0.717, 1.165) is 4.68 Å². The fourth-order valence-corrected chi connectivity index (χ4v) is 2.11. The number of carboxylic acid groups (broad SMARTS) is 1. The lowest BCUT2D eigenvalue weighted by Crippen LogP contribution is -2.07. The second-order valence-corrected chi connectivity index (χ2v) is 4.80. The van der Waals surface area contributed by atoms with E-state index in [1.807, 2.05) is 0 Å². The van der Waals surface area contributed by atoms with Gasteiger partial charge in [-0.15, -0.1) is 5.10 Å². The Morgan fingerprint density at radius 3 is 2.43 bits per heavy atom. The largest absolute Gasteiger partial charge is 0.476 e. The number of fused-ring (bicyclic) bond motifs is 1. The van der Waals surface area contributed by atoms with Crippen LogP contribution >= 0.6 is 11.6 Å². The van der Waals surface area contributed by atoms with Crippen molar-refractivity contribution < 1.29 is 14.7 Å². The van der Waals surface area contributed by atoms with Gasteiger partial charge in [0.25, 0.3) is 0 Å². The van der Waals surface area contributed by atoms with Crippen LogP contribution in [0.4, 0.5) is 0 Å². The summed E-state index contributed by atoms with van der Waals surface area (Å²) in [6.07, 6.45) is 0. The van der Waals surface area contributed by atoms with Crippen molar-refractivity contribution in [2.24, 2.45) is 0 Å². The van der Waals surface area contributed by atoms with Gasteiger partial charge in [-0.1, -0.05) is 11.6 Å². The number of nitrogens with zero attached hydrogens (tertiary/aromatic N) is 4. The van der Waals surface area contributed by atoms with Crippen molar-refractivity contribution in [3.8, 4) is 11.4 Å². The normalized spacial score (nSPS) is 11.0. The van der Waals surface area contributed by atoms with Crippen LogP contribution in [0.2, 0.25) is 5.02 Å². The first-order valence-corrected chi connectivity index (χ1v) is 6.34. The van der Waals surface area contributed by atoms with Gasteiger partial charge in [-0.3, -0.25) is 4.79 Å². The van der Waals surface area contributed by atoms with Crippen LogP contribution in [-0.4, -0.2) is 36.4 Å². The minimum Gasteiger partial charge on any atom is -0.476 e. The van der Waals surface area contributed by atoms with Crippen molar-refractivity contribution in [1.29, 1.82) is 0 Å². The van der Waals surface area contributed by atoms with Gasteiger partial charge in [0.15, 0.2) is 17.2 Å². The van der Waals surface area contributed by atoms with Crippen molar-refractivity contribution in [3.05, 3.63) is 41.0 Å². The molecule has 0 unspecified atom stereocenters. The molecule has 3 rings (SSSR count). The number of benzene rings is 1. The van der Waals surface area contributed by atoms with Gasteiger partial charge in [0.2, 0.25) is 5.91 Å². The number of halogens is 1. The van der Waals surface area contributed by atoms with Gasteiger partial charge in [-0.05, 0) is 24.3 Å². The predicted octanol–water partition coefficient (Wildman–Crippen LogP) is 2.21. The molecule has 7 nitrogen and oxygen atoms in total. The molecule has 0 saturated carbocycles. The number of hydrogen-bond donors (Lipinski definition) is 1. The van der Waals surface area contributed by atoms with Gasteiger partial charge in [0, 0.05) is 23.6 Å². The Balaban J connectivity index is 2.29. The molecule has 0 spiro atoms. The highest BCUT2D eigenvalue weighted by Gasteiger charge is 2.19. The van der Waals surface area contributed by atoms with Crippen LogP contribution in [-0.2, 0) is 0 Å². The second kappa shape index (κ2) is 4.71. The molecule has 0 aliphatic rings. The lowest BCUT2D eigenvalue weighted by molar-refractivity contribution is 0.0689. The van der Waals surface area contributed by atoms with E-state index in [1.165, 1.54) is 17.5 Å². The molecular weight excluding hydrogens is 296 g/mol. The SMILES string of the molecule is CC(=O)n1nc(-c2ccc(Cl)cc2)n2nc(C(=O)O)cc12. The van der Waals surface area contributed by atoms with E-state index in [1.54, 1.807) is 24.3 Å². The Morgan fingerprint density at radius 2 is 1.86 bits per heavy atom. The highest BCUT2D eigenvalue weighted by atomic mass is 35.5. The molecule has 2 aromatic heterocycles. The van der Waals surface area contributed by atoms with Crippen LogP contribution < -0.4 is 0 Å². The Kier molecular flexibility index (Phi) is 2.99. The first-order chi connectivity index (χ1) is 9.97. The third-order valence-corrected chi connectivity index (χ3v) is 3.17. The molecule has 3 aromatic rings. The zero-order chi connectivity index (χ0) is 15.1. The van der Waals surface area contributed by atoms with Crippen LogP contribution in [0.1, 0.15) is 22.2 Å². The molecule has 0 amide bonds. The number of carbonyl (C=O) groups excluding carboxylic acids is 1.